The molecule has 5 rings (SSSR count). The summed E-state index contributed by atoms with van der Waals surface area (Å²) in [6, 6.07) is 14.9. The van der Waals surface area contributed by atoms with Crippen molar-refractivity contribution < 1.29 is 28.6 Å². The SMILES string of the molecule is CCOC(=O)C1=C(C)N=c2s/c(=C/c3ccc(-c4ccc(C(=O)O)cc4C)o3)c(=O)n2[C@H]1c1ccc(OCC)cc1. The molecule has 0 radical (unpaired) electrons. The first-order valence-corrected chi connectivity index (χ1v) is 13.9. The van der Waals surface area contributed by atoms with Crippen LogP contribution in [0, 0.1) is 6.92 Å². The van der Waals surface area contributed by atoms with Crippen LogP contribution in [0.4, 0.5) is 0 Å². The minimum absolute atomic E-state index is 0.190. The van der Waals surface area contributed by atoms with Gasteiger partial charge in [-0.2, -0.15) is 0 Å². The van der Waals surface area contributed by atoms with E-state index in [2.05, 4.69) is 4.99 Å². The molecular weight excluding hydrogens is 544 g/mol. The lowest BCUT2D eigenvalue weighted by molar-refractivity contribution is -0.139. The highest BCUT2D eigenvalue weighted by molar-refractivity contribution is 7.07. The van der Waals surface area contributed by atoms with Gasteiger partial charge in [0.15, 0.2) is 4.80 Å². The topological polar surface area (TPSA) is 120 Å². The average Bonchev–Trinajstić information content (AvgIpc) is 3.52. The van der Waals surface area contributed by atoms with E-state index in [0.29, 0.717) is 44.5 Å². The van der Waals surface area contributed by atoms with Crippen molar-refractivity contribution >= 4 is 29.4 Å². The molecule has 0 aliphatic carbocycles. The van der Waals surface area contributed by atoms with Gasteiger partial charge < -0.3 is 19.0 Å². The number of furan rings is 1. The first kappa shape index (κ1) is 27.9. The summed E-state index contributed by atoms with van der Waals surface area (Å²) < 4.78 is 18.9. The summed E-state index contributed by atoms with van der Waals surface area (Å²) in [6.07, 6.45) is 1.65. The Bertz CT molecular complexity index is 1860. The number of aromatic nitrogens is 1. The van der Waals surface area contributed by atoms with E-state index in [1.165, 1.54) is 22.0 Å². The molecule has 0 bridgehead atoms. The summed E-state index contributed by atoms with van der Waals surface area (Å²) >= 11 is 1.20. The van der Waals surface area contributed by atoms with Gasteiger partial charge in [-0.1, -0.05) is 29.5 Å². The second-order valence-electron chi connectivity index (χ2n) is 9.34. The van der Waals surface area contributed by atoms with Crippen molar-refractivity contribution in [3.8, 4) is 17.1 Å². The molecule has 4 aromatic rings. The van der Waals surface area contributed by atoms with Crippen molar-refractivity contribution in [1.29, 1.82) is 0 Å². The number of esters is 1. The number of rotatable bonds is 8. The summed E-state index contributed by atoms with van der Waals surface area (Å²) in [5.74, 6) is 0.155. The highest BCUT2D eigenvalue weighted by Crippen LogP contribution is 2.32. The van der Waals surface area contributed by atoms with Gasteiger partial charge in [0, 0.05) is 11.6 Å². The maximum atomic E-state index is 13.8. The second-order valence-corrected chi connectivity index (χ2v) is 10.4. The van der Waals surface area contributed by atoms with Crippen molar-refractivity contribution in [2.24, 2.45) is 4.99 Å². The van der Waals surface area contributed by atoms with Crippen LogP contribution in [-0.2, 0) is 9.53 Å². The number of thiazole rings is 1. The maximum absolute atomic E-state index is 13.8. The molecule has 1 aliphatic heterocycles. The third kappa shape index (κ3) is 5.38. The van der Waals surface area contributed by atoms with Crippen molar-refractivity contribution in [2.45, 2.75) is 33.7 Å². The summed E-state index contributed by atoms with van der Waals surface area (Å²) in [6.45, 7) is 7.89. The molecule has 0 fully saturated rings. The Morgan fingerprint density at radius 1 is 1.07 bits per heavy atom. The number of carbonyl (C=O) groups excluding carboxylic acids is 1. The number of ether oxygens (including phenoxy) is 2. The van der Waals surface area contributed by atoms with Gasteiger partial charge in [-0.15, -0.1) is 0 Å². The number of carbonyl (C=O) groups is 2. The summed E-state index contributed by atoms with van der Waals surface area (Å²) in [7, 11) is 0. The molecule has 3 heterocycles. The Balaban J connectivity index is 1.59. The van der Waals surface area contributed by atoms with Gasteiger partial charge >= 0.3 is 11.9 Å². The first-order valence-electron chi connectivity index (χ1n) is 13.1. The molecule has 1 aliphatic rings. The normalized spacial score (nSPS) is 14.9. The van der Waals surface area contributed by atoms with E-state index < -0.39 is 18.0 Å². The molecule has 0 unspecified atom stereocenters. The molecule has 2 aromatic heterocycles. The zero-order chi connectivity index (χ0) is 29.3. The molecule has 1 N–H and O–H groups in total. The van der Waals surface area contributed by atoms with Crippen molar-refractivity contribution in [2.75, 3.05) is 13.2 Å². The van der Waals surface area contributed by atoms with Gasteiger partial charge in [0.2, 0.25) is 0 Å². The zero-order valence-electron chi connectivity index (χ0n) is 23.0. The number of allylic oxidation sites excluding steroid dienone is 1. The fourth-order valence-corrected chi connectivity index (χ4v) is 5.82. The lowest BCUT2D eigenvalue weighted by atomic mass is 9.96. The van der Waals surface area contributed by atoms with Crippen LogP contribution in [0.5, 0.6) is 5.75 Å². The summed E-state index contributed by atoms with van der Waals surface area (Å²) in [5, 5.41) is 9.25. The Morgan fingerprint density at radius 3 is 2.49 bits per heavy atom. The van der Waals surface area contributed by atoms with Crippen LogP contribution in [0.1, 0.15) is 54.1 Å². The average molecular weight is 573 g/mol. The summed E-state index contributed by atoms with van der Waals surface area (Å²) in [5.41, 5.74) is 2.88. The lowest BCUT2D eigenvalue weighted by Gasteiger charge is -2.24. The molecule has 210 valence electrons. The van der Waals surface area contributed by atoms with E-state index in [-0.39, 0.29) is 17.7 Å². The Kier molecular flexibility index (Phi) is 7.76. The monoisotopic (exact) mass is 572 g/mol. The van der Waals surface area contributed by atoms with Crippen molar-refractivity contribution in [1.82, 2.24) is 4.57 Å². The van der Waals surface area contributed by atoms with Gasteiger partial charge in [-0.25, -0.2) is 14.6 Å². The highest BCUT2D eigenvalue weighted by Gasteiger charge is 2.33. The molecule has 0 saturated heterocycles. The largest absolute Gasteiger partial charge is 0.494 e. The van der Waals surface area contributed by atoms with E-state index >= 15 is 0 Å². The number of fused-ring (bicyclic) bond motifs is 1. The first-order chi connectivity index (χ1) is 19.7. The lowest BCUT2D eigenvalue weighted by Crippen LogP contribution is -2.39. The molecule has 0 saturated carbocycles. The molecule has 41 heavy (non-hydrogen) atoms. The molecule has 9 nitrogen and oxygen atoms in total. The van der Waals surface area contributed by atoms with Crippen LogP contribution in [0.25, 0.3) is 17.4 Å². The third-order valence-corrected chi connectivity index (χ3v) is 7.65. The van der Waals surface area contributed by atoms with E-state index in [0.717, 1.165) is 16.7 Å². The minimum atomic E-state index is -1.000. The van der Waals surface area contributed by atoms with Gasteiger partial charge in [-0.05, 0) is 75.2 Å². The number of nitrogens with zero attached hydrogens (tertiary/aromatic N) is 2. The third-order valence-electron chi connectivity index (χ3n) is 6.66. The standard InChI is InChI=1S/C31H28N2O7S/c1-5-38-21-10-7-19(8-11-21)27-26(30(37)39-6-2)18(4)32-31-33(27)28(34)25(41-31)16-22-12-14-24(40-22)23-13-9-20(29(35)36)15-17(23)3/h7-16,27H,5-6H2,1-4H3,(H,35,36)/b25-16+/t27-/m0/s1. The Hall–Kier alpha value is -4.70. The Morgan fingerprint density at radius 2 is 1.83 bits per heavy atom. The number of benzene rings is 2. The van der Waals surface area contributed by atoms with E-state index in [1.807, 2.05) is 38.1 Å². The van der Waals surface area contributed by atoms with Crippen molar-refractivity contribution in [3.05, 3.63) is 108 Å². The highest BCUT2D eigenvalue weighted by atomic mass is 32.1. The minimum Gasteiger partial charge on any atom is -0.494 e. The van der Waals surface area contributed by atoms with Crippen LogP contribution in [0.15, 0.2) is 80.1 Å². The molecule has 0 amide bonds. The molecule has 10 heteroatoms. The predicted molar refractivity (Wildman–Crippen MR) is 154 cm³/mol. The van der Waals surface area contributed by atoms with Crippen LogP contribution >= 0.6 is 11.3 Å². The molecule has 0 spiro atoms. The van der Waals surface area contributed by atoms with Gasteiger partial charge in [0.25, 0.3) is 5.56 Å². The number of aryl methyl sites for hydroxylation is 1. The number of hydrogen-bond donors (Lipinski definition) is 1. The Labute approximate surface area is 239 Å². The number of carboxylic acid groups (broad SMARTS) is 1. The predicted octanol–water partition coefficient (Wildman–Crippen LogP) is 4.46. The summed E-state index contributed by atoms with van der Waals surface area (Å²) in [4.78, 5) is 43.2. The fraction of sp³-hybridized carbons (Fsp3) is 0.226. The molecular formula is C31H28N2O7S. The van der Waals surface area contributed by atoms with Gasteiger partial charge in [0.1, 0.15) is 17.3 Å². The van der Waals surface area contributed by atoms with Crippen molar-refractivity contribution in [3.63, 3.8) is 0 Å². The van der Waals surface area contributed by atoms with E-state index in [4.69, 9.17) is 13.9 Å². The zero-order valence-corrected chi connectivity index (χ0v) is 23.8. The molecule has 1 atom stereocenters. The van der Waals surface area contributed by atoms with Crippen LogP contribution in [0.2, 0.25) is 0 Å². The second kappa shape index (κ2) is 11.4. The smallest absolute Gasteiger partial charge is 0.338 e. The number of aromatic carboxylic acids is 1. The quantitative estimate of drug-likeness (QED) is 0.310. The maximum Gasteiger partial charge on any atom is 0.338 e. The van der Waals surface area contributed by atoms with E-state index in [9.17, 15) is 19.5 Å². The van der Waals surface area contributed by atoms with Crippen LogP contribution < -0.4 is 19.6 Å². The number of carboxylic acids is 1. The molecule has 2 aromatic carbocycles. The van der Waals surface area contributed by atoms with Crippen LogP contribution in [-0.4, -0.2) is 34.8 Å². The number of hydrogen-bond acceptors (Lipinski definition) is 8. The van der Waals surface area contributed by atoms with E-state index in [1.54, 1.807) is 44.2 Å². The fourth-order valence-electron chi connectivity index (χ4n) is 4.80. The van der Waals surface area contributed by atoms with Gasteiger partial charge in [-0.3, -0.25) is 9.36 Å². The van der Waals surface area contributed by atoms with Gasteiger partial charge in [0.05, 0.1) is 40.6 Å². The van der Waals surface area contributed by atoms with Crippen LogP contribution in [0.3, 0.4) is 0 Å².